The molecule has 0 N–H and O–H groups in total. The lowest BCUT2D eigenvalue weighted by atomic mass is 10.2. The molecule has 0 aromatic carbocycles. The van der Waals surface area contributed by atoms with Crippen molar-refractivity contribution in [1.29, 1.82) is 0 Å². The van der Waals surface area contributed by atoms with E-state index in [9.17, 15) is 8.42 Å². The maximum atomic E-state index is 10.6. The van der Waals surface area contributed by atoms with Gasteiger partial charge in [0.05, 0.1) is 45.9 Å². The molecule has 0 spiro atoms. The minimum atomic E-state index is -3.38. The summed E-state index contributed by atoms with van der Waals surface area (Å²) in [5.74, 6) is 0.733. The quantitative estimate of drug-likeness (QED) is 0.241. The predicted octanol–water partition coefficient (Wildman–Crippen LogP) is 1.81. The van der Waals surface area contributed by atoms with Crippen LogP contribution in [0.1, 0.15) is 25.7 Å². The Bertz CT molecular complexity index is 310. The van der Waals surface area contributed by atoms with Crippen LogP contribution < -0.4 is 0 Å². The zero-order valence-corrected chi connectivity index (χ0v) is 14.3. The van der Waals surface area contributed by atoms with E-state index in [0.29, 0.717) is 26.4 Å². The molecule has 0 amide bonds. The molecule has 0 aromatic heterocycles. The van der Waals surface area contributed by atoms with Crippen LogP contribution in [0, 0.1) is 0 Å². The molecule has 0 saturated heterocycles. The van der Waals surface area contributed by atoms with Gasteiger partial charge in [-0.2, -0.15) is 8.42 Å². The van der Waals surface area contributed by atoms with Gasteiger partial charge < -0.3 is 14.2 Å². The summed E-state index contributed by atoms with van der Waals surface area (Å²) in [6.45, 7) is 2.99. The van der Waals surface area contributed by atoms with Crippen LogP contribution >= 0.6 is 11.6 Å². The average Bonchev–Trinajstić information content (AvgIpc) is 2.42. The highest BCUT2D eigenvalue weighted by molar-refractivity contribution is 7.85. The first-order chi connectivity index (χ1) is 10.1. The molecule has 8 heteroatoms. The molecule has 128 valence electrons. The number of hydrogen-bond donors (Lipinski definition) is 0. The normalized spacial score (nSPS) is 11.9. The third-order valence-corrected chi connectivity index (χ3v) is 3.30. The van der Waals surface area contributed by atoms with E-state index in [1.54, 1.807) is 0 Å². The Morgan fingerprint density at radius 1 is 0.714 bits per heavy atom. The summed E-state index contributed by atoms with van der Waals surface area (Å²) in [6, 6.07) is 0. The SMILES string of the molecule is CS(=O)(=O)OCCOCCOCCOCCCCCCCl. The summed E-state index contributed by atoms with van der Waals surface area (Å²) < 4.78 is 41.7. The van der Waals surface area contributed by atoms with Gasteiger partial charge in [-0.1, -0.05) is 12.8 Å². The van der Waals surface area contributed by atoms with Gasteiger partial charge in [-0.3, -0.25) is 4.18 Å². The van der Waals surface area contributed by atoms with Crippen molar-refractivity contribution in [3.8, 4) is 0 Å². The zero-order valence-electron chi connectivity index (χ0n) is 12.7. The van der Waals surface area contributed by atoms with Gasteiger partial charge in [0, 0.05) is 12.5 Å². The largest absolute Gasteiger partial charge is 0.379 e. The Kier molecular flexibility index (Phi) is 15.1. The van der Waals surface area contributed by atoms with Crippen molar-refractivity contribution < 1.29 is 26.8 Å². The molecule has 0 heterocycles. The van der Waals surface area contributed by atoms with Crippen LogP contribution in [0.5, 0.6) is 0 Å². The minimum absolute atomic E-state index is 0.0334. The maximum absolute atomic E-state index is 10.6. The van der Waals surface area contributed by atoms with E-state index in [0.717, 1.165) is 44.4 Å². The highest BCUT2D eigenvalue weighted by Gasteiger charge is 2.00. The Hall–Kier alpha value is 0.0800. The van der Waals surface area contributed by atoms with Crippen LogP contribution in [0.4, 0.5) is 0 Å². The van der Waals surface area contributed by atoms with E-state index in [1.165, 1.54) is 0 Å². The molecule has 0 radical (unpaired) electrons. The summed E-state index contributed by atoms with van der Waals surface area (Å²) in [5.41, 5.74) is 0. The zero-order chi connectivity index (χ0) is 15.8. The lowest BCUT2D eigenvalue weighted by Gasteiger charge is -2.07. The molecule has 0 atom stereocenters. The summed E-state index contributed by atoms with van der Waals surface area (Å²) in [6.07, 6.45) is 5.44. The lowest BCUT2D eigenvalue weighted by molar-refractivity contribution is 0.00918. The summed E-state index contributed by atoms with van der Waals surface area (Å²) in [7, 11) is -3.38. The van der Waals surface area contributed by atoms with Gasteiger partial charge in [-0.05, 0) is 12.8 Å². The molecule has 0 rings (SSSR count). The van der Waals surface area contributed by atoms with Gasteiger partial charge in [-0.25, -0.2) is 0 Å². The van der Waals surface area contributed by atoms with E-state index in [2.05, 4.69) is 4.18 Å². The summed E-state index contributed by atoms with van der Waals surface area (Å²) >= 11 is 5.58. The molecular weight excluding hydrogens is 320 g/mol. The fourth-order valence-electron chi connectivity index (χ4n) is 1.44. The fraction of sp³-hybridized carbons (Fsp3) is 1.00. The molecule has 0 fully saturated rings. The molecule has 6 nitrogen and oxygen atoms in total. The molecule has 0 aliphatic rings. The molecular formula is C13H27ClO6S. The highest BCUT2D eigenvalue weighted by Crippen LogP contribution is 2.01. The second kappa shape index (κ2) is 15.0. The standard InChI is InChI=1S/C13H27ClO6S/c1-21(15,16)20-13-12-19-11-10-18-9-8-17-7-5-3-2-4-6-14/h2-13H2,1H3. The molecule has 21 heavy (non-hydrogen) atoms. The van der Waals surface area contributed by atoms with Crippen LogP contribution in [0.3, 0.4) is 0 Å². The third kappa shape index (κ3) is 20.1. The number of unbranched alkanes of at least 4 members (excludes halogenated alkanes) is 3. The van der Waals surface area contributed by atoms with Gasteiger partial charge in [0.15, 0.2) is 0 Å². The van der Waals surface area contributed by atoms with Gasteiger partial charge in [0.1, 0.15) is 0 Å². The number of ether oxygens (including phenoxy) is 3. The van der Waals surface area contributed by atoms with Crippen LogP contribution in [0.25, 0.3) is 0 Å². The van der Waals surface area contributed by atoms with Gasteiger partial charge in [-0.15, -0.1) is 11.6 Å². The van der Waals surface area contributed by atoms with Gasteiger partial charge >= 0.3 is 0 Å². The van der Waals surface area contributed by atoms with Crippen molar-refractivity contribution in [2.75, 3.05) is 58.4 Å². The van der Waals surface area contributed by atoms with Crippen LogP contribution in [0.2, 0.25) is 0 Å². The molecule has 0 aliphatic carbocycles. The Balaban J connectivity index is 3.03. The van der Waals surface area contributed by atoms with Crippen LogP contribution in [-0.2, 0) is 28.5 Å². The van der Waals surface area contributed by atoms with Gasteiger partial charge in [0.25, 0.3) is 10.1 Å². The first-order valence-electron chi connectivity index (χ1n) is 7.20. The number of alkyl halides is 1. The third-order valence-electron chi connectivity index (χ3n) is 2.44. The van der Waals surface area contributed by atoms with E-state index in [1.807, 2.05) is 0 Å². The second-order valence-corrected chi connectivity index (χ2v) is 6.49. The highest BCUT2D eigenvalue weighted by atomic mass is 35.5. The van der Waals surface area contributed by atoms with Crippen molar-refractivity contribution in [2.24, 2.45) is 0 Å². The summed E-state index contributed by atoms with van der Waals surface area (Å²) in [5, 5.41) is 0. The first kappa shape index (κ1) is 21.1. The first-order valence-corrected chi connectivity index (χ1v) is 9.55. The minimum Gasteiger partial charge on any atom is -0.379 e. The van der Waals surface area contributed by atoms with Gasteiger partial charge in [0.2, 0.25) is 0 Å². The molecule has 0 bridgehead atoms. The fourth-order valence-corrected chi connectivity index (χ4v) is 2.00. The molecule has 0 aliphatic heterocycles. The Morgan fingerprint density at radius 2 is 1.19 bits per heavy atom. The van der Waals surface area contributed by atoms with Crippen molar-refractivity contribution >= 4 is 21.7 Å². The number of rotatable bonds is 16. The molecule has 0 aromatic rings. The van der Waals surface area contributed by atoms with Crippen molar-refractivity contribution in [3.05, 3.63) is 0 Å². The van der Waals surface area contributed by atoms with Crippen LogP contribution in [-0.4, -0.2) is 66.8 Å². The van der Waals surface area contributed by atoms with Crippen molar-refractivity contribution in [3.63, 3.8) is 0 Å². The molecule has 0 saturated carbocycles. The average molecular weight is 347 g/mol. The van der Waals surface area contributed by atoms with Crippen molar-refractivity contribution in [1.82, 2.24) is 0 Å². The predicted molar refractivity (Wildman–Crippen MR) is 82.4 cm³/mol. The van der Waals surface area contributed by atoms with Crippen LogP contribution in [0.15, 0.2) is 0 Å². The topological polar surface area (TPSA) is 71.1 Å². The van der Waals surface area contributed by atoms with E-state index >= 15 is 0 Å². The monoisotopic (exact) mass is 346 g/mol. The van der Waals surface area contributed by atoms with Crippen molar-refractivity contribution in [2.45, 2.75) is 25.7 Å². The second-order valence-electron chi connectivity index (χ2n) is 4.47. The molecule has 0 unspecified atom stereocenters. The number of hydrogen-bond acceptors (Lipinski definition) is 6. The Morgan fingerprint density at radius 3 is 1.71 bits per heavy atom. The number of halogens is 1. The maximum Gasteiger partial charge on any atom is 0.264 e. The lowest BCUT2D eigenvalue weighted by Crippen LogP contribution is -2.13. The Labute approximate surface area is 133 Å². The van der Waals surface area contributed by atoms with E-state index < -0.39 is 10.1 Å². The van der Waals surface area contributed by atoms with E-state index in [4.69, 9.17) is 25.8 Å². The van der Waals surface area contributed by atoms with E-state index in [-0.39, 0.29) is 13.2 Å². The summed E-state index contributed by atoms with van der Waals surface area (Å²) in [4.78, 5) is 0. The smallest absolute Gasteiger partial charge is 0.264 e.